The number of benzene rings is 1. The van der Waals surface area contributed by atoms with Crippen LogP contribution in [0.3, 0.4) is 0 Å². The van der Waals surface area contributed by atoms with E-state index in [4.69, 9.17) is 9.47 Å². The molecule has 0 amide bonds. The molecule has 1 aromatic carbocycles. The number of hydrogen-bond acceptors (Lipinski definition) is 4. The second kappa shape index (κ2) is 10.2. The van der Waals surface area contributed by atoms with Crippen LogP contribution in [0.2, 0.25) is 0 Å². The number of rotatable bonds is 9. The first-order chi connectivity index (χ1) is 11.5. The molecule has 0 bridgehead atoms. The molecule has 1 heterocycles. The zero-order valence-electron chi connectivity index (χ0n) is 16.4. The van der Waals surface area contributed by atoms with Gasteiger partial charge in [-0.15, -0.1) is 12.4 Å². The molecule has 4 nitrogen and oxygen atoms in total. The lowest BCUT2D eigenvalue weighted by Crippen LogP contribution is -2.40. The largest absolute Gasteiger partial charge is 0.493 e. The van der Waals surface area contributed by atoms with E-state index in [0.29, 0.717) is 11.3 Å². The van der Waals surface area contributed by atoms with Crippen molar-refractivity contribution >= 4 is 12.4 Å². The Labute approximate surface area is 159 Å². The van der Waals surface area contributed by atoms with E-state index in [9.17, 15) is 0 Å². The molecule has 1 saturated heterocycles. The molecule has 1 aliphatic rings. The number of nitrogens with zero attached hydrogens (tertiary/aromatic N) is 1. The van der Waals surface area contributed by atoms with Crippen molar-refractivity contribution in [1.29, 1.82) is 0 Å². The fraction of sp³-hybridized carbons (Fsp3) is 0.700. The summed E-state index contributed by atoms with van der Waals surface area (Å²) in [5.74, 6) is 2.30. The molecule has 1 aliphatic heterocycles. The van der Waals surface area contributed by atoms with Gasteiger partial charge in [0.1, 0.15) is 0 Å². The molecule has 0 saturated carbocycles. The summed E-state index contributed by atoms with van der Waals surface area (Å²) in [6, 6.07) is 6.25. The summed E-state index contributed by atoms with van der Waals surface area (Å²) in [5, 5.41) is 3.52. The van der Waals surface area contributed by atoms with E-state index in [1.54, 1.807) is 14.2 Å². The van der Waals surface area contributed by atoms with Crippen LogP contribution in [0, 0.1) is 11.3 Å². The zero-order chi connectivity index (χ0) is 17.6. The minimum atomic E-state index is 0. The summed E-state index contributed by atoms with van der Waals surface area (Å²) in [5.41, 5.74) is 1.71. The van der Waals surface area contributed by atoms with Crippen LogP contribution in [-0.2, 0) is 6.42 Å². The monoisotopic (exact) mass is 370 g/mol. The number of nitrogens with one attached hydrogen (secondary N) is 1. The molecule has 2 rings (SSSR count). The molecular formula is C20H35ClN2O2. The fourth-order valence-electron chi connectivity index (χ4n) is 3.62. The van der Waals surface area contributed by atoms with Crippen LogP contribution in [0.25, 0.3) is 0 Å². The van der Waals surface area contributed by atoms with Gasteiger partial charge in [0.15, 0.2) is 11.5 Å². The highest BCUT2D eigenvalue weighted by Gasteiger charge is 2.30. The van der Waals surface area contributed by atoms with Crippen LogP contribution in [0.15, 0.2) is 18.2 Å². The lowest BCUT2D eigenvalue weighted by Gasteiger charge is -2.33. The lowest BCUT2D eigenvalue weighted by molar-refractivity contribution is 0.163. The smallest absolute Gasteiger partial charge is 0.160 e. The van der Waals surface area contributed by atoms with Crippen molar-refractivity contribution < 1.29 is 9.47 Å². The molecule has 1 unspecified atom stereocenters. The van der Waals surface area contributed by atoms with Crippen molar-refractivity contribution in [1.82, 2.24) is 10.2 Å². The number of halogens is 1. The van der Waals surface area contributed by atoms with Crippen LogP contribution >= 0.6 is 12.4 Å². The minimum absolute atomic E-state index is 0. The van der Waals surface area contributed by atoms with Gasteiger partial charge in [0.2, 0.25) is 0 Å². The van der Waals surface area contributed by atoms with E-state index in [2.05, 4.69) is 43.1 Å². The van der Waals surface area contributed by atoms with Crippen molar-refractivity contribution in [3.63, 3.8) is 0 Å². The minimum Gasteiger partial charge on any atom is -0.493 e. The molecule has 1 N–H and O–H groups in total. The highest BCUT2D eigenvalue weighted by molar-refractivity contribution is 5.85. The molecular weight excluding hydrogens is 336 g/mol. The Bertz CT molecular complexity index is 516. The lowest BCUT2D eigenvalue weighted by atomic mass is 9.89. The second-order valence-corrected chi connectivity index (χ2v) is 7.81. The van der Waals surface area contributed by atoms with Crippen molar-refractivity contribution in [3.05, 3.63) is 23.8 Å². The van der Waals surface area contributed by atoms with Gasteiger partial charge in [-0.2, -0.15) is 0 Å². The van der Waals surface area contributed by atoms with E-state index < -0.39 is 0 Å². The maximum atomic E-state index is 5.43. The predicted octanol–water partition coefficient (Wildman–Crippen LogP) is 3.63. The number of methoxy groups -OCH3 is 2. The molecule has 0 aromatic heterocycles. The summed E-state index contributed by atoms with van der Waals surface area (Å²) in [7, 11) is 3.37. The van der Waals surface area contributed by atoms with Crippen LogP contribution in [-0.4, -0.2) is 51.8 Å². The third-order valence-corrected chi connectivity index (χ3v) is 4.85. The van der Waals surface area contributed by atoms with Crippen LogP contribution in [0.4, 0.5) is 0 Å². The Kier molecular flexibility index (Phi) is 9.04. The van der Waals surface area contributed by atoms with E-state index in [1.165, 1.54) is 18.5 Å². The summed E-state index contributed by atoms with van der Waals surface area (Å²) in [6.45, 7) is 12.7. The Morgan fingerprint density at radius 2 is 1.92 bits per heavy atom. The highest BCUT2D eigenvalue weighted by atomic mass is 35.5. The van der Waals surface area contributed by atoms with Crippen molar-refractivity contribution in [2.75, 3.05) is 46.9 Å². The molecule has 0 spiro atoms. The topological polar surface area (TPSA) is 33.7 Å². The first kappa shape index (κ1) is 22.1. The van der Waals surface area contributed by atoms with Gasteiger partial charge < -0.3 is 19.7 Å². The molecule has 1 atom stereocenters. The van der Waals surface area contributed by atoms with E-state index in [1.807, 2.05) is 6.07 Å². The first-order valence-electron chi connectivity index (χ1n) is 9.10. The number of ether oxygens (including phenoxy) is 2. The van der Waals surface area contributed by atoms with E-state index in [-0.39, 0.29) is 12.4 Å². The summed E-state index contributed by atoms with van der Waals surface area (Å²) in [6.07, 6.45) is 2.31. The zero-order valence-corrected chi connectivity index (χ0v) is 17.2. The van der Waals surface area contributed by atoms with Crippen molar-refractivity contribution in [2.45, 2.75) is 33.6 Å². The van der Waals surface area contributed by atoms with Crippen LogP contribution in [0.1, 0.15) is 32.8 Å². The Hall–Kier alpha value is -0.970. The first-order valence-corrected chi connectivity index (χ1v) is 9.10. The van der Waals surface area contributed by atoms with Crippen LogP contribution < -0.4 is 14.8 Å². The molecule has 1 fully saturated rings. The molecule has 144 valence electrons. The standard InChI is InChI=1S/C20H34N2O2.ClH/c1-16(2)13-22(15-20(3)9-10-21-14-20)11-8-17-6-7-18(23-4)19(12-17)24-5;/h6-7,12,16,21H,8-11,13-15H2,1-5H3;1H. The van der Waals surface area contributed by atoms with Crippen molar-refractivity contribution in [2.24, 2.45) is 11.3 Å². The second-order valence-electron chi connectivity index (χ2n) is 7.81. The van der Waals surface area contributed by atoms with Gasteiger partial charge in [0, 0.05) is 26.2 Å². The Morgan fingerprint density at radius 3 is 2.48 bits per heavy atom. The molecule has 0 aliphatic carbocycles. The van der Waals surface area contributed by atoms with E-state index >= 15 is 0 Å². The maximum absolute atomic E-state index is 5.43. The quantitative estimate of drug-likeness (QED) is 0.719. The van der Waals surface area contributed by atoms with Crippen LogP contribution in [0.5, 0.6) is 11.5 Å². The molecule has 0 radical (unpaired) electrons. The average Bonchev–Trinajstić information content (AvgIpc) is 2.98. The van der Waals surface area contributed by atoms with Gasteiger partial charge in [0.25, 0.3) is 0 Å². The molecule has 5 heteroatoms. The van der Waals surface area contributed by atoms with Gasteiger partial charge >= 0.3 is 0 Å². The third kappa shape index (κ3) is 6.69. The normalized spacial score (nSPS) is 20.0. The average molecular weight is 371 g/mol. The van der Waals surface area contributed by atoms with Gasteiger partial charge in [-0.25, -0.2) is 0 Å². The third-order valence-electron chi connectivity index (χ3n) is 4.85. The fourth-order valence-corrected chi connectivity index (χ4v) is 3.62. The van der Waals surface area contributed by atoms with Gasteiger partial charge in [0.05, 0.1) is 14.2 Å². The SMILES string of the molecule is COc1ccc(CCN(CC(C)C)CC2(C)CCNC2)cc1OC.Cl. The highest BCUT2D eigenvalue weighted by Crippen LogP contribution is 2.29. The Morgan fingerprint density at radius 1 is 1.20 bits per heavy atom. The van der Waals surface area contributed by atoms with Gasteiger partial charge in [-0.1, -0.05) is 26.8 Å². The predicted molar refractivity (Wildman–Crippen MR) is 107 cm³/mol. The Balaban J connectivity index is 0.00000312. The molecule has 1 aromatic rings. The van der Waals surface area contributed by atoms with E-state index in [0.717, 1.165) is 44.1 Å². The maximum Gasteiger partial charge on any atom is 0.160 e. The number of hydrogen-bond donors (Lipinski definition) is 1. The summed E-state index contributed by atoms with van der Waals surface area (Å²) in [4.78, 5) is 2.63. The van der Waals surface area contributed by atoms with Gasteiger partial charge in [-0.3, -0.25) is 0 Å². The molecule has 25 heavy (non-hydrogen) atoms. The van der Waals surface area contributed by atoms with Crippen molar-refractivity contribution in [3.8, 4) is 11.5 Å². The van der Waals surface area contributed by atoms with Gasteiger partial charge in [-0.05, 0) is 48.4 Å². The summed E-state index contributed by atoms with van der Waals surface area (Å²) >= 11 is 0. The summed E-state index contributed by atoms with van der Waals surface area (Å²) < 4.78 is 10.8.